The number of likely N-dealkylation sites (N-methyl/N-ethyl adjacent to an activating group) is 1. The highest BCUT2D eigenvalue weighted by molar-refractivity contribution is 6.30. The van der Waals surface area contributed by atoms with Crippen LogP contribution in [0.1, 0.15) is 47.2 Å². The molecule has 0 aliphatic carbocycles. The normalized spacial score (nSPS) is 16.7. The first kappa shape index (κ1) is 26.5. The summed E-state index contributed by atoms with van der Waals surface area (Å²) in [5.74, 6) is 1.12. The molecule has 2 unspecified atom stereocenters. The van der Waals surface area contributed by atoms with Crippen molar-refractivity contribution in [3.63, 3.8) is 0 Å². The molecule has 1 fully saturated rings. The molecule has 0 bridgehead atoms. The second-order valence-electron chi connectivity index (χ2n) is 8.88. The quantitative estimate of drug-likeness (QED) is 0.407. The van der Waals surface area contributed by atoms with E-state index in [9.17, 15) is 4.79 Å². The van der Waals surface area contributed by atoms with Gasteiger partial charge in [-0.25, -0.2) is 0 Å². The van der Waals surface area contributed by atoms with Crippen molar-refractivity contribution in [1.29, 1.82) is 0 Å². The molecule has 1 aliphatic rings. The van der Waals surface area contributed by atoms with Crippen LogP contribution in [-0.4, -0.2) is 59.1 Å². The van der Waals surface area contributed by atoms with E-state index in [1.165, 1.54) is 6.42 Å². The van der Waals surface area contributed by atoms with Crippen LogP contribution in [0.15, 0.2) is 42.5 Å². The van der Waals surface area contributed by atoms with Crippen molar-refractivity contribution in [2.75, 3.05) is 47.1 Å². The van der Waals surface area contributed by atoms with Crippen LogP contribution >= 0.6 is 11.6 Å². The number of nitrogens with one attached hydrogen (secondary N) is 2. The second-order valence-corrected chi connectivity index (χ2v) is 9.32. The number of benzene rings is 2. The first-order chi connectivity index (χ1) is 16.6. The van der Waals surface area contributed by atoms with Crippen LogP contribution in [0.3, 0.4) is 0 Å². The standard InChI is InChI=1S/C27H37ClN2O4/c1-29-25(15-21-7-4-10-33-19-21)18-30-27(31)23-13-22(12-20-6-3-8-24(28)14-20)16-26(17-23)34-11-5-9-32-2/h3,6,8,13-14,16-17,21,25,29H,4-5,7,9-12,15,18-19H2,1-2H3,(H,30,31). The summed E-state index contributed by atoms with van der Waals surface area (Å²) in [6, 6.07) is 13.7. The van der Waals surface area contributed by atoms with Crippen molar-refractivity contribution in [2.45, 2.75) is 38.1 Å². The highest BCUT2D eigenvalue weighted by Gasteiger charge is 2.19. The fourth-order valence-electron chi connectivity index (χ4n) is 4.27. The number of ether oxygens (including phenoxy) is 3. The van der Waals surface area contributed by atoms with Crippen LogP contribution in [0.5, 0.6) is 5.75 Å². The molecule has 2 N–H and O–H groups in total. The van der Waals surface area contributed by atoms with E-state index < -0.39 is 0 Å². The molecule has 3 rings (SSSR count). The van der Waals surface area contributed by atoms with E-state index in [0.29, 0.717) is 48.4 Å². The Labute approximate surface area is 208 Å². The molecule has 2 aromatic rings. The fraction of sp³-hybridized carbons (Fsp3) is 0.519. The molecule has 2 aromatic carbocycles. The number of hydrogen-bond donors (Lipinski definition) is 2. The lowest BCUT2D eigenvalue weighted by atomic mass is 9.94. The highest BCUT2D eigenvalue weighted by atomic mass is 35.5. The Morgan fingerprint density at radius 1 is 1.21 bits per heavy atom. The molecule has 34 heavy (non-hydrogen) atoms. The Morgan fingerprint density at radius 2 is 2.09 bits per heavy atom. The lowest BCUT2D eigenvalue weighted by Gasteiger charge is -2.26. The molecular formula is C27H37ClN2O4. The predicted octanol–water partition coefficient (Wildman–Crippen LogP) is 4.48. The van der Waals surface area contributed by atoms with Gasteiger partial charge in [-0.1, -0.05) is 23.7 Å². The van der Waals surface area contributed by atoms with Gasteiger partial charge in [0.2, 0.25) is 0 Å². The first-order valence-corrected chi connectivity index (χ1v) is 12.5. The molecule has 0 spiro atoms. The predicted molar refractivity (Wildman–Crippen MR) is 136 cm³/mol. The molecule has 0 aromatic heterocycles. The van der Waals surface area contributed by atoms with Crippen molar-refractivity contribution in [3.8, 4) is 5.75 Å². The minimum atomic E-state index is -0.102. The van der Waals surface area contributed by atoms with Gasteiger partial charge in [-0.3, -0.25) is 4.79 Å². The summed E-state index contributed by atoms with van der Waals surface area (Å²) in [4.78, 5) is 13.1. The Balaban J connectivity index is 1.67. The summed E-state index contributed by atoms with van der Waals surface area (Å²) >= 11 is 6.16. The average Bonchev–Trinajstić information content (AvgIpc) is 2.84. The number of methoxy groups -OCH3 is 1. The Morgan fingerprint density at radius 3 is 2.82 bits per heavy atom. The molecule has 186 valence electrons. The van der Waals surface area contributed by atoms with Gasteiger partial charge >= 0.3 is 0 Å². The molecule has 1 aliphatic heterocycles. The smallest absolute Gasteiger partial charge is 0.251 e. The zero-order valence-corrected chi connectivity index (χ0v) is 21.0. The first-order valence-electron chi connectivity index (χ1n) is 12.1. The number of rotatable bonds is 13. The Bertz CT molecular complexity index is 902. The van der Waals surface area contributed by atoms with Crippen molar-refractivity contribution >= 4 is 17.5 Å². The summed E-state index contributed by atoms with van der Waals surface area (Å²) in [7, 11) is 3.62. The van der Waals surface area contributed by atoms with Gasteiger partial charge in [-0.2, -0.15) is 0 Å². The van der Waals surface area contributed by atoms with Gasteiger partial charge in [0.25, 0.3) is 5.91 Å². The minimum Gasteiger partial charge on any atom is -0.493 e. The van der Waals surface area contributed by atoms with E-state index in [-0.39, 0.29) is 11.9 Å². The lowest BCUT2D eigenvalue weighted by Crippen LogP contribution is -2.41. The van der Waals surface area contributed by atoms with Crippen LogP contribution in [0.4, 0.5) is 0 Å². The molecule has 2 atom stereocenters. The topological polar surface area (TPSA) is 68.8 Å². The molecule has 1 amide bonds. The maximum absolute atomic E-state index is 13.1. The summed E-state index contributed by atoms with van der Waals surface area (Å²) in [6.07, 6.45) is 4.73. The van der Waals surface area contributed by atoms with E-state index in [1.54, 1.807) is 7.11 Å². The number of carbonyl (C=O) groups excluding carboxylic acids is 1. The van der Waals surface area contributed by atoms with Crippen molar-refractivity contribution in [1.82, 2.24) is 10.6 Å². The van der Waals surface area contributed by atoms with Crippen molar-refractivity contribution in [2.24, 2.45) is 5.92 Å². The SMILES string of the molecule is CNC(CNC(=O)c1cc(Cc2cccc(Cl)c2)cc(OCCCOC)c1)CC1CCCOC1. The molecular weight excluding hydrogens is 452 g/mol. The third kappa shape index (κ3) is 8.91. The maximum atomic E-state index is 13.1. The van der Waals surface area contributed by atoms with E-state index in [4.69, 9.17) is 25.8 Å². The molecule has 1 heterocycles. The zero-order valence-electron chi connectivity index (χ0n) is 20.3. The highest BCUT2D eigenvalue weighted by Crippen LogP contribution is 2.22. The number of hydrogen-bond acceptors (Lipinski definition) is 5. The van der Waals surface area contributed by atoms with E-state index in [2.05, 4.69) is 10.6 Å². The third-order valence-corrected chi connectivity index (χ3v) is 6.31. The summed E-state index contributed by atoms with van der Waals surface area (Å²) in [5.41, 5.74) is 2.68. The van der Waals surface area contributed by atoms with E-state index in [0.717, 1.165) is 43.6 Å². The molecule has 0 saturated carbocycles. The summed E-state index contributed by atoms with van der Waals surface area (Å²) in [5, 5.41) is 7.14. The zero-order chi connectivity index (χ0) is 24.2. The number of carbonyl (C=O) groups is 1. The van der Waals surface area contributed by atoms with Crippen LogP contribution in [0.25, 0.3) is 0 Å². The minimum absolute atomic E-state index is 0.102. The monoisotopic (exact) mass is 488 g/mol. The lowest BCUT2D eigenvalue weighted by molar-refractivity contribution is 0.0478. The van der Waals surface area contributed by atoms with Gasteiger partial charge in [-0.15, -0.1) is 0 Å². The molecule has 6 nitrogen and oxygen atoms in total. The van der Waals surface area contributed by atoms with Crippen LogP contribution in [0, 0.1) is 5.92 Å². The largest absolute Gasteiger partial charge is 0.493 e. The second kappa shape index (κ2) is 14.3. The Kier molecular flexibility index (Phi) is 11.2. The van der Waals surface area contributed by atoms with Crippen LogP contribution in [0.2, 0.25) is 5.02 Å². The van der Waals surface area contributed by atoms with E-state index in [1.807, 2.05) is 49.5 Å². The Hall–Kier alpha value is -2.12. The van der Waals surface area contributed by atoms with Gasteiger partial charge in [0.15, 0.2) is 0 Å². The fourth-order valence-corrected chi connectivity index (χ4v) is 4.48. The van der Waals surface area contributed by atoms with Gasteiger partial charge in [0, 0.05) is 56.5 Å². The molecule has 7 heteroatoms. The van der Waals surface area contributed by atoms with E-state index >= 15 is 0 Å². The summed E-state index contributed by atoms with van der Waals surface area (Å²) < 4.78 is 16.6. The van der Waals surface area contributed by atoms with Gasteiger partial charge < -0.3 is 24.8 Å². The van der Waals surface area contributed by atoms with Gasteiger partial charge in [-0.05, 0) is 80.1 Å². The van der Waals surface area contributed by atoms with Crippen molar-refractivity contribution in [3.05, 3.63) is 64.2 Å². The number of amides is 1. The van der Waals surface area contributed by atoms with Crippen molar-refractivity contribution < 1.29 is 19.0 Å². The van der Waals surface area contributed by atoms with Crippen LogP contribution in [-0.2, 0) is 15.9 Å². The van der Waals surface area contributed by atoms with Gasteiger partial charge in [0.05, 0.1) is 6.61 Å². The third-order valence-electron chi connectivity index (χ3n) is 6.08. The van der Waals surface area contributed by atoms with Crippen LogP contribution < -0.4 is 15.4 Å². The van der Waals surface area contributed by atoms with Gasteiger partial charge in [0.1, 0.15) is 5.75 Å². The summed E-state index contributed by atoms with van der Waals surface area (Å²) in [6.45, 7) is 3.39. The average molecular weight is 489 g/mol. The molecule has 1 saturated heterocycles. The number of halogens is 1. The molecule has 0 radical (unpaired) electrons. The maximum Gasteiger partial charge on any atom is 0.251 e.